The van der Waals surface area contributed by atoms with E-state index in [0.29, 0.717) is 17.3 Å². The summed E-state index contributed by atoms with van der Waals surface area (Å²) in [5, 5.41) is 9.63. The Morgan fingerprint density at radius 2 is 2.11 bits per heavy atom. The van der Waals surface area contributed by atoms with Gasteiger partial charge in [-0.3, -0.25) is 10.1 Å². The number of nitrogens with two attached hydrogens (primary N) is 1. The van der Waals surface area contributed by atoms with E-state index in [1.54, 1.807) is 31.2 Å². The highest BCUT2D eigenvalue weighted by Gasteiger charge is 2.08. The summed E-state index contributed by atoms with van der Waals surface area (Å²) in [6, 6.07) is 6.79. The number of carbonyl (C=O) groups excluding carboxylic acids is 1. The minimum Gasteiger partial charge on any atom is -0.484 e. The summed E-state index contributed by atoms with van der Waals surface area (Å²) in [5.74, 6) is 0.557. The van der Waals surface area contributed by atoms with Gasteiger partial charge >= 0.3 is 6.01 Å². The lowest BCUT2D eigenvalue weighted by atomic mass is 10.3. The molecule has 0 aliphatic rings. The smallest absolute Gasteiger partial charge is 0.322 e. The van der Waals surface area contributed by atoms with Crippen LogP contribution in [0.5, 0.6) is 5.75 Å². The second-order valence-corrected chi connectivity index (χ2v) is 3.53. The average molecular weight is 248 g/mol. The Morgan fingerprint density at radius 3 is 2.72 bits per heavy atom. The molecular weight excluding hydrogens is 236 g/mol. The van der Waals surface area contributed by atoms with Crippen molar-refractivity contribution in [2.45, 2.75) is 6.92 Å². The summed E-state index contributed by atoms with van der Waals surface area (Å²) in [5.41, 5.74) is 6.16. The predicted octanol–water partition coefficient (Wildman–Crippen LogP) is 0.978. The van der Waals surface area contributed by atoms with Crippen molar-refractivity contribution in [2.24, 2.45) is 0 Å². The van der Waals surface area contributed by atoms with Gasteiger partial charge in [-0.1, -0.05) is 5.10 Å². The largest absolute Gasteiger partial charge is 0.484 e. The summed E-state index contributed by atoms with van der Waals surface area (Å²) in [7, 11) is 0. The molecule has 0 unspecified atom stereocenters. The summed E-state index contributed by atoms with van der Waals surface area (Å²) in [4.78, 5) is 11.5. The van der Waals surface area contributed by atoms with Crippen LogP contribution in [0.25, 0.3) is 0 Å². The number of anilines is 2. The molecule has 94 valence electrons. The van der Waals surface area contributed by atoms with Gasteiger partial charge in [0.25, 0.3) is 5.91 Å². The van der Waals surface area contributed by atoms with Crippen molar-refractivity contribution in [2.75, 3.05) is 17.7 Å². The highest BCUT2D eigenvalue weighted by Crippen LogP contribution is 2.13. The molecule has 2 rings (SSSR count). The maximum atomic E-state index is 11.5. The zero-order valence-electron chi connectivity index (χ0n) is 9.71. The molecule has 7 nitrogen and oxygen atoms in total. The van der Waals surface area contributed by atoms with Gasteiger partial charge in [0.15, 0.2) is 6.61 Å². The van der Waals surface area contributed by atoms with Crippen molar-refractivity contribution < 1.29 is 13.9 Å². The molecule has 0 spiro atoms. The Hall–Kier alpha value is -2.57. The van der Waals surface area contributed by atoms with E-state index in [1.165, 1.54) is 0 Å². The number of rotatable bonds is 4. The molecule has 1 amide bonds. The topological polar surface area (TPSA) is 103 Å². The van der Waals surface area contributed by atoms with E-state index in [0.717, 1.165) is 0 Å². The average Bonchev–Trinajstić information content (AvgIpc) is 2.74. The molecule has 0 fully saturated rings. The zero-order valence-corrected chi connectivity index (χ0v) is 9.71. The van der Waals surface area contributed by atoms with E-state index in [9.17, 15) is 4.79 Å². The molecule has 7 heteroatoms. The monoisotopic (exact) mass is 248 g/mol. The minimum atomic E-state index is -0.379. The lowest BCUT2D eigenvalue weighted by Crippen LogP contribution is -2.20. The lowest BCUT2D eigenvalue weighted by Gasteiger charge is -2.05. The third-order valence-electron chi connectivity index (χ3n) is 2.02. The molecule has 0 radical (unpaired) electrons. The zero-order chi connectivity index (χ0) is 13.0. The van der Waals surface area contributed by atoms with Gasteiger partial charge < -0.3 is 14.9 Å². The first-order valence-corrected chi connectivity index (χ1v) is 5.22. The quantitative estimate of drug-likeness (QED) is 0.781. The Morgan fingerprint density at radius 1 is 1.39 bits per heavy atom. The van der Waals surface area contributed by atoms with Gasteiger partial charge in [-0.25, -0.2) is 0 Å². The molecule has 0 aliphatic carbocycles. The van der Waals surface area contributed by atoms with Crippen LogP contribution < -0.4 is 15.8 Å². The molecule has 0 saturated carbocycles. The van der Waals surface area contributed by atoms with E-state index >= 15 is 0 Å². The van der Waals surface area contributed by atoms with Crippen molar-refractivity contribution in [1.82, 2.24) is 10.2 Å². The van der Waals surface area contributed by atoms with Gasteiger partial charge in [-0.2, -0.15) is 0 Å². The third-order valence-corrected chi connectivity index (χ3v) is 2.02. The molecule has 0 saturated heterocycles. The Bertz CT molecular complexity index is 535. The van der Waals surface area contributed by atoms with Crippen molar-refractivity contribution >= 4 is 17.6 Å². The second-order valence-electron chi connectivity index (χ2n) is 3.53. The number of nitrogens with zero attached hydrogens (tertiary/aromatic N) is 2. The number of nitrogens with one attached hydrogen (secondary N) is 1. The number of aromatic nitrogens is 2. The predicted molar refractivity (Wildman–Crippen MR) is 64.0 cm³/mol. The number of hydrogen-bond acceptors (Lipinski definition) is 6. The second kappa shape index (κ2) is 5.17. The fourth-order valence-corrected chi connectivity index (χ4v) is 1.22. The van der Waals surface area contributed by atoms with Crippen LogP contribution in [0.1, 0.15) is 5.89 Å². The van der Waals surface area contributed by atoms with Crippen molar-refractivity contribution in [3.63, 3.8) is 0 Å². The number of amides is 1. The van der Waals surface area contributed by atoms with Crippen LogP contribution in [-0.4, -0.2) is 22.7 Å². The van der Waals surface area contributed by atoms with Crippen molar-refractivity contribution in [1.29, 1.82) is 0 Å². The van der Waals surface area contributed by atoms with Crippen LogP contribution in [0.15, 0.2) is 28.7 Å². The number of carbonyl (C=O) groups is 1. The van der Waals surface area contributed by atoms with E-state index in [-0.39, 0.29) is 18.5 Å². The number of aryl methyl sites for hydroxylation is 1. The highest BCUT2D eigenvalue weighted by molar-refractivity contribution is 5.89. The van der Waals surface area contributed by atoms with Gasteiger partial charge in [0, 0.05) is 12.6 Å². The maximum absolute atomic E-state index is 11.5. The van der Waals surface area contributed by atoms with Crippen LogP contribution in [-0.2, 0) is 4.79 Å². The van der Waals surface area contributed by atoms with Crippen LogP contribution in [0.2, 0.25) is 0 Å². The molecular formula is C11H12N4O3. The summed E-state index contributed by atoms with van der Waals surface area (Å²) >= 11 is 0. The first-order chi connectivity index (χ1) is 8.63. The molecule has 3 N–H and O–H groups in total. The molecule has 1 heterocycles. The molecule has 0 bridgehead atoms. The number of ether oxygens (including phenoxy) is 1. The van der Waals surface area contributed by atoms with Gasteiger partial charge in [0.05, 0.1) is 0 Å². The number of nitrogen functional groups attached to an aromatic ring is 1. The molecule has 1 aromatic heterocycles. The Kier molecular flexibility index (Phi) is 3.42. The summed E-state index contributed by atoms with van der Waals surface area (Å²) in [6.45, 7) is 1.48. The number of benzene rings is 1. The van der Waals surface area contributed by atoms with Crippen LogP contribution in [0.3, 0.4) is 0 Å². The first kappa shape index (κ1) is 11.9. The van der Waals surface area contributed by atoms with Crippen molar-refractivity contribution in [3.05, 3.63) is 30.2 Å². The van der Waals surface area contributed by atoms with Gasteiger partial charge in [-0.15, -0.1) is 5.10 Å². The highest BCUT2D eigenvalue weighted by atomic mass is 16.5. The normalized spacial score (nSPS) is 10.1. The minimum absolute atomic E-state index is 0.0541. The summed E-state index contributed by atoms with van der Waals surface area (Å²) < 4.78 is 10.2. The van der Waals surface area contributed by atoms with Crippen LogP contribution >= 0.6 is 0 Å². The van der Waals surface area contributed by atoms with E-state index in [2.05, 4.69) is 15.5 Å². The van der Waals surface area contributed by atoms with Gasteiger partial charge in [-0.05, 0) is 24.3 Å². The standard InChI is InChI=1S/C11H12N4O3/c1-7-14-15-11(18-7)13-10(16)6-17-9-4-2-8(12)3-5-9/h2-5H,6,12H2,1H3,(H,13,15,16). The number of hydrogen-bond donors (Lipinski definition) is 2. The molecule has 0 aliphatic heterocycles. The maximum Gasteiger partial charge on any atom is 0.322 e. The lowest BCUT2D eigenvalue weighted by molar-refractivity contribution is -0.118. The third kappa shape index (κ3) is 3.21. The Balaban J connectivity index is 1.83. The SMILES string of the molecule is Cc1nnc(NC(=O)COc2ccc(N)cc2)o1. The van der Waals surface area contributed by atoms with E-state index in [4.69, 9.17) is 14.9 Å². The molecule has 18 heavy (non-hydrogen) atoms. The Labute approximate surface area is 103 Å². The van der Waals surface area contributed by atoms with E-state index < -0.39 is 0 Å². The van der Waals surface area contributed by atoms with Crippen LogP contribution in [0.4, 0.5) is 11.7 Å². The molecule has 0 atom stereocenters. The van der Waals surface area contributed by atoms with E-state index in [1.807, 2.05) is 0 Å². The molecule has 2 aromatic rings. The van der Waals surface area contributed by atoms with Crippen LogP contribution in [0, 0.1) is 6.92 Å². The van der Waals surface area contributed by atoms with Crippen molar-refractivity contribution in [3.8, 4) is 5.75 Å². The fraction of sp³-hybridized carbons (Fsp3) is 0.182. The fourth-order valence-electron chi connectivity index (χ4n) is 1.22. The first-order valence-electron chi connectivity index (χ1n) is 5.22. The summed E-state index contributed by atoms with van der Waals surface area (Å²) in [6.07, 6.45) is 0. The van der Waals surface area contributed by atoms with Gasteiger partial charge in [0.1, 0.15) is 5.75 Å². The molecule has 1 aromatic carbocycles. The van der Waals surface area contributed by atoms with Gasteiger partial charge in [0.2, 0.25) is 5.89 Å².